The number of para-hydroxylation sites is 1. The van der Waals surface area contributed by atoms with Gasteiger partial charge in [-0.1, -0.05) is 24.3 Å². The summed E-state index contributed by atoms with van der Waals surface area (Å²) in [5, 5.41) is 2.96. The molecule has 1 aromatic heterocycles. The van der Waals surface area contributed by atoms with Crippen molar-refractivity contribution >= 4 is 5.91 Å². The molecule has 114 valence electrons. The van der Waals surface area contributed by atoms with Crippen molar-refractivity contribution in [1.29, 1.82) is 0 Å². The van der Waals surface area contributed by atoms with Gasteiger partial charge in [0, 0.05) is 18.4 Å². The summed E-state index contributed by atoms with van der Waals surface area (Å²) < 4.78 is 5.78. The van der Waals surface area contributed by atoms with E-state index in [2.05, 4.69) is 16.4 Å². The van der Waals surface area contributed by atoms with Crippen LogP contribution in [-0.2, 0) is 17.6 Å². The Kier molecular flexibility index (Phi) is 4.68. The molecule has 1 aliphatic rings. The molecule has 1 amide bonds. The van der Waals surface area contributed by atoms with Crippen LogP contribution in [0, 0.1) is 0 Å². The lowest BCUT2D eigenvalue weighted by Crippen LogP contribution is -2.40. The molecule has 1 aliphatic heterocycles. The van der Waals surface area contributed by atoms with E-state index >= 15 is 0 Å². The minimum Gasteiger partial charge on any atom is -0.480 e. The quantitative estimate of drug-likeness (QED) is 0.863. The van der Waals surface area contributed by atoms with Gasteiger partial charge in [0.25, 0.3) is 5.91 Å². The maximum Gasteiger partial charge on any atom is 0.261 e. The van der Waals surface area contributed by atoms with Gasteiger partial charge < -0.3 is 10.1 Å². The van der Waals surface area contributed by atoms with Crippen molar-refractivity contribution < 1.29 is 9.53 Å². The van der Waals surface area contributed by atoms with Gasteiger partial charge in [-0.05, 0) is 49.4 Å². The van der Waals surface area contributed by atoms with Crippen LogP contribution in [0.5, 0.6) is 5.75 Å². The number of benzene rings is 1. The third-order valence-electron chi connectivity index (χ3n) is 3.85. The molecule has 0 saturated carbocycles. The number of amides is 1. The van der Waals surface area contributed by atoms with Crippen molar-refractivity contribution in [3.63, 3.8) is 0 Å². The number of fused-ring (bicyclic) bond motifs is 1. The van der Waals surface area contributed by atoms with E-state index in [0.717, 1.165) is 37.1 Å². The highest BCUT2D eigenvalue weighted by Gasteiger charge is 2.25. The van der Waals surface area contributed by atoms with Gasteiger partial charge in [-0.2, -0.15) is 0 Å². The van der Waals surface area contributed by atoms with Crippen molar-refractivity contribution in [2.24, 2.45) is 0 Å². The number of ether oxygens (including phenoxy) is 1. The van der Waals surface area contributed by atoms with E-state index in [4.69, 9.17) is 4.74 Å². The number of aromatic nitrogens is 1. The van der Waals surface area contributed by atoms with Crippen LogP contribution in [0.1, 0.15) is 24.1 Å². The summed E-state index contributed by atoms with van der Waals surface area (Å²) >= 11 is 0. The molecule has 1 aromatic carbocycles. The molecule has 0 aliphatic carbocycles. The first kappa shape index (κ1) is 14.6. The Balaban J connectivity index is 1.43. The Hall–Kier alpha value is -2.36. The zero-order chi connectivity index (χ0) is 15.2. The SMILES string of the molecule is O=C(NCCCc1ccccn1)[C@H]1CCc2ccccc2O1. The number of hydrogen-bond acceptors (Lipinski definition) is 3. The van der Waals surface area contributed by atoms with Crippen LogP contribution in [0.25, 0.3) is 0 Å². The second kappa shape index (κ2) is 7.07. The summed E-state index contributed by atoms with van der Waals surface area (Å²) in [6.45, 7) is 0.650. The van der Waals surface area contributed by atoms with Crippen molar-refractivity contribution in [2.45, 2.75) is 31.8 Å². The summed E-state index contributed by atoms with van der Waals surface area (Å²) in [6.07, 6.45) is 4.80. The molecule has 1 N–H and O–H groups in total. The number of pyridine rings is 1. The Bertz CT molecular complexity index is 628. The fraction of sp³-hybridized carbons (Fsp3) is 0.333. The average molecular weight is 296 g/mol. The van der Waals surface area contributed by atoms with E-state index in [1.165, 1.54) is 5.56 Å². The Morgan fingerprint density at radius 2 is 2.09 bits per heavy atom. The Morgan fingerprint density at radius 1 is 1.23 bits per heavy atom. The minimum atomic E-state index is -0.371. The summed E-state index contributed by atoms with van der Waals surface area (Å²) in [5.41, 5.74) is 2.24. The van der Waals surface area contributed by atoms with Crippen LogP contribution in [0.2, 0.25) is 0 Å². The molecular weight excluding hydrogens is 276 g/mol. The molecule has 0 bridgehead atoms. The van der Waals surface area contributed by atoms with Gasteiger partial charge in [0.1, 0.15) is 5.75 Å². The van der Waals surface area contributed by atoms with Gasteiger partial charge in [-0.25, -0.2) is 0 Å². The molecule has 0 radical (unpaired) electrons. The standard InChI is InChI=1S/C18H20N2O2/c21-18(20-13-5-8-15-7-3-4-12-19-15)17-11-10-14-6-1-2-9-16(14)22-17/h1-4,6-7,9,12,17H,5,8,10-11,13H2,(H,20,21)/t17-/m1/s1. The number of rotatable bonds is 5. The number of aryl methyl sites for hydroxylation is 2. The monoisotopic (exact) mass is 296 g/mol. The molecule has 22 heavy (non-hydrogen) atoms. The number of hydrogen-bond donors (Lipinski definition) is 1. The van der Waals surface area contributed by atoms with Crippen LogP contribution in [0.3, 0.4) is 0 Å². The molecule has 0 spiro atoms. The maximum atomic E-state index is 12.2. The van der Waals surface area contributed by atoms with Gasteiger partial charge in [0.05, 0.1) is 0 Å². The van der Waals surface area contributed by atoms with E-state index in [1.54, 1.807) is 6.20 Å². The predicted molar refractivity (Wildman–Crippen MR) is 84.7 cm³/mol. The van der Waals surface area contributed by atoms with Crippen LogP contribution in [-0.4, -0.2) is 23.5 Å². The third-order valence-corrected chi connectivity index (χ3v) is 3.85. The van der Waals surface area contributed by atoms with Crippen LogP contribution in [0.15, 0.2) is 48.7 Å². The highest BCUT2D eigenvalue weighted by molar-refractivity contribution is 5.81. The molecule has 2 aromatic rings. The first-order chi connectivity index (χ1) is 10.8. The normalized spacial score (nSPS) is 16.5. The highest BCUT2D eigenvalue weighted by Crippen LogP contribution is 2.26. The van der Waals surface area contributed by atoms with Gasteiger partial charge in [-0.15, -0.1) is 0 Å². The molecule has 0 unspecified atom stereocenters. The molecule has 4 heteroatoms. The molecular formula is C18H20N2O2. The molecule has 3 rings (SSSR count). The first-order valence-electron chi connectivity index (χ1n) is 7.75. The van der Waals surface area contributed by atoms with Gasteiger partial charge in [-0.3, -0.25) is 9.78 Å². The fourth-order valence-corrected chi connectivity index (χ4v) is 2.65. The number of carbonyl (C=O) groups is 1. The lowest BCUT2D eigenvalue weighted by Gasteiger charge is -2.25. The maximum absolute atomic E-state index is 12.2. The highest BCUT2D eigenvalue weighted by atomic mass is 16.5. The minimum absolute atomic E-state index is 0.0180. The second-order valence-corrected chi connectivity index (χ2v) is 5.47. The summed E-state index contributed by atoms with van der Waals surface area (Å²) in [4.78, 5) is 16.4. The molecule has 0 fully saturated rings. The topological polar surface area (TPSA) is 51.2 Å². The van der Waals surface area contributed by atoms with Crippen molar-refractivity contribution in [1.82, 2.24) is 10.3 Å². The Labute approximate surface area is 130 Å². The van der Waals surface area contributed by atoms with Gasteiger partial charge in [0.15, 0.2) is 6.10 Å². The third kappa shape index (κ3) is 3.64. The van der Waals surface area contributed by atoms with Gasteiger partial charge >= 0.3 is 0 Å². The summed E-state index contributed by atoms with van der Waals surface area (Å²) in [7, 11) is 0. The molecule has 1 atom stereocenters. The first-order valence-corrected chi connectivity index (χ1v) is 7.75. The van der Waals surface area contributed by atoms with E-state index < -0.39 is 0 Å². The fourth-order valence-electron chi connectivity index (χ4n) is 2.65. The van der Waals surface area contributed by atoms with Crippen molar-refractivity contribution in [3.05, 3.63) is 59.9 Å². The Morgan fingerprint density at radius 3 is 2.95 bits per heavy atom. The lowest BCUT2D eigenvalue weighted by atomic mass is 10.0. The zero-order valence-corrected chi connectivity index (χ0v) is 12.5. The second-order valence-electron chi connectivity index (χ2n) is 5.47. The van der Waals surface area contributed by atoms with E-state index in [9.17, 15) is 4.79 Å². The zero-order valence-electron chi connectivity index (χ0n) is 12.5. The molecule has 4 nitrogen and oxygen atoms in total. The van der Waals surface area contributed by atoms with Gasteiger partial charge in [0.2, 0.25) is 0 Å². The van der Waals surface area contributed by atoms with Crippen molar-refractivity contribution in [3.8, 4) is 5.75 Å². The van der Waals surface area contributed by atoms with E-state index in [0.29, 0.717) is 6.54 Å². The summed E-state index contributed by atoms with van der Waals surface area (Å²) in [5.74, 6) is 0.818. The smallest absolute Gasteiger partial charge is 0.261 e. The lowest BCUT2D eigenvalue weighted by molar-refractivity contribution is -0.128. The van der Waals surface area contributed by atoms with Crippen LogP contribution >= 0.6 is 0 Å². The molecule has 2 heterocycles. The van der Waals surface area contributed by atoms with Crippen molar-refractivity contribution in [2.75, 3.05) is 6.54 Å². The summed E-state index contributed by atoms with van der Waals surface area (Å²) in [6, 6.07) is 13.8. The van der Waals surface area contributed by atoms with Crippen LogP contribution < -0.4 is 10.1 Å². The number of carbonyl (C=O) groups excluding carboxylic acids is 1. The van der Waals surface area contributed by atoms with E-state index in [1.807, 2.05) is 36.4 Å². The average Bonchev–Trinajstić information content (AvgIpc) is 2.59. The van der Waals surface area contributed by atoms with Crippen LogP contribution in [0.4, 0.5) is 0 Å². The largest absolute Gasteiger partial charge is 0.480 e. The van der Waals surface area contributed by atoms with E-state index in [-0.39, 0.29) is 12.0 Å². The molecule has 0 saturated heterocycles. The number of nitrogens with one attached hydrogen (secondary N) is 1. The predicted octanol–water partition coefficient (Wildman–Crippen LogP) is 2.52. The number of nitrogens with zero attached hydrogens (tertiary/aromatic N) is 1.